The lowest BCUT2D eigenvalue weighted by atomic mass is 10.1. The zero-order chi connectivity index (χ0) is 14.7. The molecular formula is C16H9ClN2OS. The fourth-order valence-electron chi connectivity index (χ4n) is 1.85. The molecule has 1 aromatic heterocycles. The quantitative estimate of drug-likeness (QED) is 0.673. The van der Waals surface area contributed by atoms with E-state index in [-0.39, 0.29) is 0 Å². The second-order valence-corrected chi connectivity index (χ2v) is 5.49. The molecule has 0 aliphatic rings. The standard InChI is InChI=1S/C16H9ClN2OS/c17-13-3-1-2-4-15(13)20-14-6-5-11(9-12(14)10-18)16-19-7-8-21-16/h1-9H. The van der Waals surface area contributed by atoms with E-state index in [0.29, 0.717) is 22.1 Å². The van der Waals surface area contributed by atoms with Crippen molar-refractivity contribution in [2.75, 3.05) is 0 Å². The molecule has 0 fully saturated rings. The van der Waals surface area contributed by atoms with E-state index in [9.17, 15) is 5.26 Å². The molecule has 0 spiro atoms. The SMILES string of the molecule is N#Cc1cc(-c2nccs2)ccc1Oc1ccccc1Cl. The Morgan fingerprint density at radius 3 is 2.71 bits per heavy atom. The third-order valence-electron chi connectivity index (χ3n) is 2.84. The molecule has 0 saturated heterocycles. The van der Waals surface area contributed by atoms with Gasteiger partial charge in [-0.05, 0) is 30.3 Å². The van der Waals surface area contributed by atoms with E-state index < -0.39 is 0 Å². The Bertz CT molecular complexity index is 809. The molecule has 3 rings (SSSR count). The molecular weight excluding hydrogens is 304 g/mol. The van der Waals surface area contributed by atoms with Crippen molar-refractivity contribution in [3.05, 3.63) is 64.6 Å². The number of hydrogen-bond donors (Lipinski definition) is 0. The highest BCUT2D eigenvalue weighted by Crippen LogP contribution is 2.33. The predicted molar refractivity (Wildman–Crippen MR) is 83.8 cm³/mol. The van der Waals surface area contributed by atoms with Gasteiger partial charge in [0.05, 0.1) is 10.6 Å². The van der Waals surface area contributed by atoms with Crippen LogP contribution in [0.4, 0.5) is 0 Å². The van der Waals surface area contributed by atoms with Gasteiger partial charge in [0, 0.05) is 17.1 Å². The van der Waals surface area contributed by atoms with Crippen molar-refractivity contribution >= 4 is 22.9 Å². The Kier molecular flexibility index (Phi) is 3.87. The maximum absolute atomic E-state index is 9.31. The van der Waals surface area contributed by atoms with Gasteiger partial charge in [0.25, 0.3) is 0 Å². The van der Waals surface area contributed by atoms with E-state index in [1.165, 1.54) is 11.3 Å². The topological polar surface area (TPSA) is 45.9 Å². The summed E-state index contributed by atoms with van der Waals surface area (Å²) in [7, 11) is 0. The van der Waals surface area contributed by atoms with Gasteiger partial charge >= 0.3 is 0 Å². The van der Waals surface area contributed by atoms with Gasteiger partial charge in [0.2, 0.25) is 0 Å². The zero-order valence-electron chi connectivity index (χ0n) is 10.8. The van der Waals surface area contributed by atoms with Crippen LogP contribution in [0.15, 0.2) is 54.0 Å². The lowest BCUT2D eigenvalue weighted by Crippen LogP contribution is -1.90. The van der Waals surface area contributed by atoms with Crippen LogP contribution in [-0.2, 0) is 0 Å². The number of thiazole rings is 1. The van der Waals surface area contributed by atoms with Gasteiger partial charge < -0.3 is 4.74 Å². The summed E-state index contributed by atoms with van der Waals surface area (Å²) >= 11 is 7.59. The molecule has 1 heterocycles. The monoisotopic (exact) mass is 312 g/mol. The number of nitrogens with zero attached hydrogens (tertiary/aromatic N) is 2. The maximum atomic E-state index is 9.31. The zero-order valence-corrected chi connectivity index (χ0v) is 12.4. The van der Waals surface area contributed by atoms with Crippen molar-refractivity contribution in [3.63, 3.8) is 0 Å². The highest BCUT2D eigenvalue weighted by Gasteiger charge is 2.10. The molecule has 3 aromatic rings. The van der Waals surface area contributed by atoms with Crippen molar-refractivity contribution in [2.24, 2.45) is 0 Å². The minimum Gasteiger partial charge on any atom is -0.454 e. The summed E-state index contributed by atoms with van der Waals surface area (Å²) in [6.07, 6.45) is 1.74. The van der Waals surface area contributed by atoms with Crippen molar-refractivity contribution in [3.8, 4) is 28.1 Å². The van der Waals surface area contributed by atoms with Gasteiger partial charge in [0.15, 0.2) is 0 Å². The van der Waals surface area contributed by atoms with Crippen LogP contribution < -0.4 is 4.74 Å². The van der Waals surface area contributed by atoms with E-state index >= 15 is 0 Å². The van der Waals surface area contributed by atoms with Crippen LogP contribution >= 0.6 is 22.9 Å². The molecule has 21 heavy (non-hydrogen) atoms. The van der Waals surface area contributed by atoms with Crippen LogP contribution in [0.25, 0.3) is 10.6 Å². The van der Waals surface area contributed by atoms with E-state index in [4.69, 9.17) is 16.3 Å². The summed E-state index contributed by atoms with van der Waals surface area (Å²) in [5.74, 6) is 1.00. The normalized spacial score (nSPS) is 10.1. The predicted octanol–water partition coefficient (Wildman–Crippen LogP) is 5.13. The molecule has 3 nitrogen and oxygen atoms in total. The molecule has 102 valence electrons. The van der Waals surface area contributed by atoms with Gasteiger partial charge in [-0.25, -0.2) is 4.98 Å². The Balaban J connectivity index is 1.97. The molecule has 5 heteroatoms. The molecule has 0 saturated carbocycles. The number of hydrogen-bond acceptors (Lipinski definition) is 4. The molecule has 2 aromatic carbocycles. The first-order valence-electron chi connectivity index (χ1n) is 6.14. The molecule has 0 unspecified atom stereocenters. The number of ether oxygens (including phenoxy) is 1. The Morgan fingerprint density at radius 1 is 1.14 bits per heavy atom. The van der Waals surface area contributed by atoms with Gasteiger partial charge in [-0.1, -0.05) is 23.7 Å². The number of aromatic nitrogens is 1. The van der Waals surface area contributed by atoms with Gasteiger partial charge in [-0.2, -0.15) is 5.26 Å². The van der Waals surface area contributed by atoms with Gasteiger partial charge in [-0.3, -0.25) is 0 Å². The van der Waals surface area contributed by atoms with Crippen LogP contribution in [0.5, 0.6) is 11.5 Å². The summed E-state index contributed by atoms with van der Waals surface area (Å²) in [5.41, 5.74) is 1.34. The Labute approximate surface area is 131 Å². The van der Waals surface area contributed by atoms with Gasteiger partial charge in [0.1, 0.15) is 22.6 Å². The van der Waals surface area contributed by atoms with Crippen molar-refractivity contribution in [1.29, 1.82) is 5.26 Å². The van der Waals surface area contributed by atoms with Crippen LogP contribution in [0, 0.1) is 11.3 Å². The second-order valence-electron chi connectivity index (χ2n) is 4.19. The first kappa shape index (κ1) is 13.6. The van der Waals surface area contributed by atoms with Crippen molar-refractivity contribution in [1.82, 2.24) is 4.98 Å². The first-order valence-corrected chi connectivity index (χ1v) is 7.40. The second kappa shape index (κ2) is 5.96. The third kappa shape index (κ3) is 2.89. The summed E-state index contributed by atoms with van der Waals surface area (Å²) in [6.45, 7) is 0. The summed E-state index contributed by atoms with van der Waals surface area (Å²) in [5, 5.41) is 12.6. The average molecular weight is 313 g/mol. The van der Waals surface area contributed by atoms with Gasteiger partial charge in [-0.15, -0.1) is 11.3 Å². The summed E-state index contributed by atoms with van der Waals surface area (Å²) in [4.78, 5) is 4.24. The number of rotatable bonds is 3. The highest BCUT2D eigenvalue weighted by molar-refractivity contribution is 7.13. The third-order valence-corrected chi connectivity index (χ3v) is 3.97. The molecule has 0 radical (unpaired) electrons. The molecule has 0 atom stereocenters. The fraction of sp³-hybridized carbons (Fsp3) is 0. The fourth-order valence-corrected chi connectivity index (χ4v) is 2.66. The number of nitriles is 1. The first-order chi connectivity index (χ1) is 10.3. The minimum absolute atomic E-state index is 0.447. The van der Waals surface area contributed by atoms with E-state index in [0.717, 1.165) is 10.6 Å². The smallest absolute Gasteiger partial charge is 0.146 e. The van der Waals surface area contributed by atoms with Crippen LogP contribution in [0.1, 0.15) is 5.56 Å². The van der Waals surface area contributed by atoms with E-state index in [1.807, 2.05) is 23.6 Å². The van der Waals surface area contributed by atoms with E-state index in [1.54, 1.807) is 30.5 Å². The molecule has 0 aliphatic heterocycles. The van der Waals surface area contributed by atoms with Crippen molar-refractivity contribution < 1.29 is 4.74 Å². The number of halogens is 1. The Morgan fingerprint density at radius 2 is 2.00 bits per heavy atom. The Hall–Kier alpha value is -2.35. The largest absolute Gasteiger partial charge is 0.454 e. The summed E-state index contributed by atoms with van der Waals surface area (Å²) < 4.78 is 5.73. The van der Waals surface area contributed by atoms with Crippen LogP contribution in [-0.4, -0.2) is 4.98 Å². The average Bonchev–Trinajstić information content (AvgIpc) is 3.04. The highest BCUT2D eigenvalue weighted by atomic mass is 35.5. The lowest BCUT2D eigenvalue weighted by Gasteiger charge is -2.09. The van der Waals surface area contributed by atoms with Crippen molar-refractivity contribution in [2.45, 2.75) is 0 Å². The number of para-hydroxylation sites is 1. The molecule has 0 amide bonds. The summed E-state index contributed by atoms with van der Waals surface area (Å²) in [6, 6.07) is 14.7. The lowest BCUT2D eigenvalue weighted by molar-refractivity contribution is 0.481. The maximum Gasteiger partial charge on any atom is 0.146 e. The molecule has 0 aliphatic carbocycles. The minimum atomic E-state index is 0.447. The molecule has 0 N–H and O–H groups in total. The van der Waals surface area contributed by atoms with Crippen LogP contribution in [0.2, 0.25) is 5.02 Å². The molecule has 0 bridgehead atoms. The van der Waals surface area contributed by atoms with Crippen LogP contribution in [0.3, 0.4) is 0 Å². The number of benzene rings is 2. The van der Waals surface area contributed by atoms with E-state index in [2.05, 4.69) is 11.1 Å².